The molecule has 0 atom stereocenters. The Hall–Kier alpha value is -2.94. The number of sulfone groups is 1. The average Bonchev–Trinajstić information content (AvgIpc) is 2.97. The van der Waals surface area contributed by atoms with Crippen LogP contribution in [0.3, 0.4) is 0 Å². The summed E-state index contributed by atoms with van der Waals surface area (Å²) >= 11 is 0. The van der Waals surface area contributed by atoms with Gasteiger partial charge in [0, 0.05) is 24.2 Å². The van der Waals surface area contributed by atoms with Gasteiger partial charge in [0.15, 0.2) is 15.7 Å². The van der Waals surface area contributed by atoms with Crippen LogP contribution in [0.4, 0.5) is 0 Å². The summed E-state index contributed by atoms with van der Waals surface area (Å²) in [5, 5.41) is 7.25. The van der Waals surface area contributed by atoms with Gasteiger partial charge in [-0.15, -0.1) is 5.10 Å². The van der Waals surface area contributed by atoms with Crippen LogP contribution in [-0.2, 0) is 9.84 Å². The van der Waals surface area contributed by atoms with Crippen LogP contribution in [0.15, 0.2) is 29.2 Å². The van der Waals surface area contributed by atoms with E-state index in [0.29, 0.717) is 29.0 Å². The number of aromatic amines is 1. The highest BCUT2D eigenvalue weighted by Crippen LogP contribution is 2.21. The molecule has 1 fully saturated rings. The molecule has 0 radical (unpaired) electrons. The lowest BCUT2D eigenvalue weighted by atomic mass is 10.1. The largest absolute Gasteiger partial charge is 0.352 e. The third kappa shape index (κ3) is 3.57. The molecule has 1 saturated heterocycles. The molecule has 1 aromatic carbocycles. The maximum absolute atomic E-state index is 12.7. The third-order valence-corrected chi connectivity index (χ3v) is 7.41. The normalized spacial score (nSPS) is 16.0. The SMILES string of the molecule is Cc1ccc(-c2nn3cc(C(=O)NCC4CS(=O)(=O)C4)c(C)c3c(=O)[nH]2)cc1C. The molecule has 1 amide bonds. The quantitative estimate of drug-likeness (QED) is 0.670. The van der Waals surface area contributed by atoms with Gasteiger partial charge in [-0.2, -0.15) is 0 Å². The Balaban J connectivity index is 1.64. The number of nitrogens with one attached hydrogen (secondary N) is 2. The Morgan fingerprint density at radius 1 is 1.24 bits per heavy atom. The second kappa shape index (κ2) is 6.84. The van der Waals surface area contributed by atoms with Crippen molar-refractivity contribution >= 4 is 21.3 Å². The first-order valence-electron chi connectivity index (χ1n) is 9.33. The topological polar surface area (TPSA) is 113 Å². The Labute approximate surface area is 167 Å². The summed E-state index contributed by atoms with van der Waals surface area (Å²) in [5.41, 5.74) is 3.89. The summed E-state index contributed by atoms with van der Waals surface area (Å²) in [4.78, 5) is 28.0. The number of benzene rings is 1. The van der Waals surface area contributed by atoms with Crippen molar-refractivity contribution in [2.24, 2.45) is 5.92 Å². The number of carbonyl (C=O) groups excluding carboxylic acids is 1. The van der Waals surface area contributed by atoms with E-state index >= 15 is 0 Å². The van der Waals surface area contributed by atoms with Gasteiger partial charge >= 0.3 is 0 Å². The van der Waals surface area contributed by atoms with Crippen LogP contribution < -0.4 is 10.9 Å². The molecule has 3 aromatic rings. The zero-order valence-electron chi connectivity index (χ0n) is 16.4. The minimum absolute atomic E-state index is 0.0563. The molecule has 9 heteroatoms. The molecule has 1 aliphatic rings. The molecule has 0 saturated carbocycles. The number of H-pyrrole nitrogens is 1. The fraction of sp³-hybridized carbons (Fsp3) is 0.350. The fourth-order valence-electron chi connectivity index (χ4n) is 3.60. The molecular weight excluding hydrogens is 392 g/mol. The van der Waals surface area contributed by atoms with Crippen LogP contribution in [0.5, 0.6) is 0 Å². The zero-order valence-corrected chi connectivity index (χ0v) is 17.3. The Morgan fingerprint density at radius 2 is 1.97 bits per heavy atom. The smallest absolute Gasteiger partial charge is 0.275 e. The summed E-state index contributed by atoms with van der Waals surface area (Å²) in [5.74, 6) is 0.227. The van der Waals surface area contributed by atoms with Crippen LogP contribution in [0, 0.1) is 26.7 Å². The lowest BCUT2D eigenvalue weighted by Gasteiger charge is -2.25. The third-order valence-electron chi connectivity index (χ3n) is 5.45. The van der Waals surface area contributed by atoms with Crippen LogP contribution >= 0.6 is 0 Å². The minimum atomic E-state index is -2.93. The number of rotatable bonds is 4. The van der Waals surface area contributed by atoms with Crippen molar-refractivity contribution in [1.29, 1.82) is 0 Å². The minimum Gasteiger partial charge on any atom is -0.352 e. The standard InChI is InChI=1S/C20H22N4O4S/c1-11-4-5-15(6-12(11)2)18-22-20(26)17-13(3)16(8-24(17)23-18)19(25)21-7-14-9-29(27,28)10-14/h4-6,8,14H,7,9-10H2,1-3H3,(H,21,25)(H,22,23,26). The van der Waals surface area contributed by atoms with Gasteiger partial charge in [-0.25, -0.2) is 12.9 Å². The first-order valence-corrected chi connectivity index (χ1v) is 11.2. The first kappa shape index (κ1) is 19.4. The van der Waals surface area contributed by atoms with Crippen molar-refractivity contribution in [3.8, 4) is 11.4 Å². The summed E-state index contributed by atoms with van der Waals surface area (Å²) < 4.78 is 23.9. The molecule has 152 valence electrons. The second-order valence-electron chi connectivity index (χ2n) is 7.72. The first-order chi connectivity index (χ1) is 13.6. The van der Waals surface area contributed by atoms with E-state index in [0.717, 1.165) is 16.7 Å². The number of fused-ring (bicyclic) bond motifs is 1. The molecule has 0 unspecified atom stereocenters. The number of nitrogens with zero attached hydrogens (tertiary/aromatic N) is 2. The van der Waals surface area contributed by atoms with Gasteiger partial charge in [0.2, 0.25) is 0 Å². The highest BCUT2D eigenvalue weighted by atomic mass is 32.2. The van der Waals surface area contributed by atoms with E-state index in [-0.39, 0.29) is 28.9 Å². The van der Waals surface area contributed by atoms with Gasteiger partial charge in [-0.3, -0.25) is 9.59 Å². The summed E-state index contributed by atoms with van der Waals surface area (Å²) in [7, 11) is -2.93. The van der Waals surface area contributed by atoms with Crippen LogP contribution in [0.2, 0.25) is 0 Å². The molecule has 0 spiro atoms. The fourth-order valence-corrected chi connectivity index (χ4v) is 5.18. The second-order valence-corrected chi connectivity index (χ2v) is 9.87. The van der Waals surface area contributed by atoms with E-state index in [1.165, 1.54) is 10.7 Å². The van der Waals surface area contributed by atoms with E-state index in [9.17, 15) is 18.0 Å². The molecule has 1 aliphatic heterocycles. The molecule has 0 bridgehead atoms. The van der Waals surface area contributed by atoms with Crippen molar-refractivity contribution < 1.29 is 13.2 Å². The van der Waals surface area contributed by atoms with Gasteiger partial charge in [0.25, 0.3) is 11.5 Å². The maximum Gasteiger partial charge on any atom is 0.275 e. The van der Waals surface area contributed by atoms with Gasteiger partial charge < -0.3 is 10.3 Å². The van der Waals surface area contributed by atoms with E-state index in [1.54, 1.807) is 6.92 Å². The summed E-state index contributed by atoms with van der Waals surface area (Å²) in [6, 6.07) is 5.81. The Kier molecular flexibility index (Phi) is 4.57. The molecule has 0 aliphatic carbocycles. The Morgan fingerprint density at radius 3 is 2.62 bits per heavy atom. The van der Waals surface area contributed by atoms with Crippen molar-refractivity contribution in [2.45, 2.75) is 20.8 Å². The summed E-state index contributed by atoms with van der Waals surface area (Å²) in [6.07, 6.45) is 1.54. The number of aryl methyl sites for hydroxylation is 3. The van der Waals surface area contributed by atoms with Gasteiger partial charge in [0.05, 0.1) is 17.1 Å². The molecular formula is C20H22N4O4S. The number of carbonyl (C=O) groups is 1. The lowest BCUT2D eigenvalue weighted by molar-refractivity contribution is 0.0948. The predicted octanol–water partition coefficient (Wildman–Crippen LogP) is 1.39. The molecule has 2 aromatic heterocycles. The van der Waals surface area contributed by atoms with Crippen LogP contribution in [-0.4, -0.2) is 47.0 Å². The Bertz CT molecular complexity index is 1290. The number of amides is 1. The average molecular weight is 414 g/mol. The number of aromatic nitrogens is 3. The number of hydrogen-bond donors (Lipinski definition) is 2. The zero-order chi connectivity index (χ0) is 20.9. The van der Waals surface area contributed by atoms with Gasteiger partial charge in [-0.05, 0) is 43.5 Å². The molecule has 3 heterocycles. The molecule has 8 nitrogen and oxygen atoms in total. The number of hydrogen-bond acceptors (Lipinski definition) is 5. The van der Waals surface area contributed by atoms with Crippen molar-refractivity contribution in [3.63, 3.8) is 0 Å². The van der Waals surface area contributed by atoms with E-state index in [1.807, 2.05) is 32.0 Å². The van der Waals surface area contributed by atoms with Crippen molar-refractivity contribution in [2.75, 3.05) is 18.1 Å². The highest BCUT2D eigenvalue weighted by Gasteiger charge is 2.33. The van der Waals surface area contributed by atoms with E-state index in [4.69, 9.17) is 0 Å². The van der Waals surface area contributed by atoms with Crippen LogP contribution in [0.1, 0.15) is 27.0 Å². The molecule has 2 N–H and O–H groups in total. The molecule has 29 heavy (non-hydrogen) atoms. The van der Waals surface area contributed by atoms with E-state index in [2.05, 4.69) is 15.4 Å². The predicted molar refractivity (Wildman–Crippen MR) is 110 cm³/mol. The van der Waals surface area contributed by atoms with Gasteiger partial charge in [0.1, 0.15) is 5.52 Å². The lowest BCUT2D eigenvalue weighted by Crippen LogP contribution is -2.44. The van der Waals surface area contributed by atoms with E-state index < -0.39 is 9.84 Å². The molecule has 4 rings (SSSR count). The monoisotopic (exact) mass is 414 g/mol. The van der Waals surface area contributed by atoms with Crippen molar-refractivity contribution in [1.82, 2.24) is 19.9 Å². The highest BCUT2D eigenvalue weighted by molar-refractivity contribution is 7.92. The van der Waals surface area contributed by atoms with Gasteiger partial charge in [-0.1, -0.05) is 12.1 Å². The maximum atomic E-state index is 12.7. The van der Waals surface area contributed by atoms with Crippen molar-refractivity contribution in [3.05, 3.63) is 57.0 Å². The van der Waals surface area contributed by atoms with Crippen LogP contribution in [0.25, 0.3) is 16.9 Å². The summed E-state index contributed by atoms with van der Waals surface area (Å²) in [6.45, 7) is 5.99.